The van der Waals surface area contributed by atoms with Crippen LogP contribution in [0.2, 0.25) is 0 Å². The summed E-state index contributed by atoms with van der Waals surface area (Å²) in [5.41, 5.74) is 1.33. The van der Waals surface area contributed by atoms with E-state index in [4.69, 9.17) is 5.26 Å². The zero-order valence-corrected chi connectivity index (χ0v) is 13.6. The molecule has 1 fully saturated rings. The molecule has 0 atom stereocenters. The van der Waals surface area contributed by atoms with Gasteiger partial charge in [-0.25, -0.2) is 4.98 Å². The molecule has 1 aromatic heterocycles. The first kappa shape index (κ1) is 16.0. The molecule has 122 valence electrons. The van der Waals surface area contributed by atoms with Crippen LogP contribution in [-0.2, 0) is 0 Å². The van der Waals surface area contributed by atoms with Crippen molar-refractivity contribution in [2.24, 2.45) is 0 Å². The van der Waals surface area contributed by atoms with Crippen LogP contribution in [0.15, 0.2) is 35.9 Å². The lowest BCUT2D eigenvalue weighted by Gasteiger charge is -2.35. The molecule has 0 spiro atoms. The number of hydrogen-bond donors (Lipinski definition) is 0. The Hall–Kier alpha value is -2.92. The minimum absolute atomic E-state index is 0.0674. The second-order valence-electron chi connectivity index (χ2n) is 5.26. The molecular formula is C16H15N5O2S. The predicted octanol–water partition coefficient (Wildman–Crippen LogP) is 2.91. The van der Waals surface area contributed by atoms with E-state index in [2.05, 4.69) is 9.88 Å². The summed E-state index contributed by atoms with van der Waals surface area (Å²) in [6.45, 7) is 2.96. The highest BCUT2D eigenvalue weighted by Gasteiger charge is 2.24. The number of allylic oxidation sites excluding steroid dienone is 1. The van der Waals surface area contributed by atoms with Crippen molar-refractivity contribution in [3.63, 3.8) is 0 Å². The predicted molar refractivity (Wildman–Crippen MR) is 94.3 cm³/mol. The van der Waals surface area contributed by atoms with E-state index in [1.165, 1.54) is 12.1 Å². The molecule has 0 bridgehead atoms. The maximum absolute atomic E-state index is 11.4. The van der Waals surface area contributed by atoms with Crippen molar-refractivity contribution in [2.75, 3.05) is 36.0 Å². The van der Waals surface area contributed by atoms with Crippen LogP contribution in [0.3, 0.4) is 0 Å². The zero-order valence-electron chi connectivity index (χ0n) is 12.8. The molecule has 0 unspecified atom stereocenters. The number of nitro benzene ring substituents is 1. The highest BCUT2D eigenvalue weighted by atomic mass is 32.1. The van der Waals surface area contributed by atoms with Crippen molar-refractivity contribution in [3.8, 4) is 6.07 Å². The van der Waals surface area contributed by atoms with Crippen LogP contribution in [0.1, 0.15) is 5.56 Å². The lowest BCUT2D eigenvalue weighted by atomic mass is 10.1. The van der Waals surface area contributed by atoms with Gasteiger partial charge in [0.05, 0.1) is 11.0 Å². The SMILES string of the molecule is N#C/C=C\c1ccc(N2CCN(c3nccs3)CC2)c([N+](=O)[O-])c1. The first-order chi connectivity index (χ1) is 11.7. The molecule has 1 aliphatic rings. The van der Waals surface area contributed by atoms with Crippen LogP contribution < -0.4 is 9.80 Å². The van der Waals surface area contributed by atoms with Gasteiger partial charge in [0, 0.05) is 49.9 Å². The average Bonchev–Trinajstić information content (AvgIpc) is 3.14. The van der Waals surface area contributed by atoms with Gasteiger partial charge in [0.1, 0.15) is 5.69 Å². The van der Waals surface area contributed by atoms with Gasteiger partial charge in [-0.15, -0.1) is 11.3 Å². The van der Waals surface area contributed by atoms with E-state index in [1.807, 2.05) is 16.3 Å². The van der Waals surface area contributed by atoms with E-state index < -0.39 is 0 Å². The fourth-order valence-corrected chi connectivity index (χ4v) is 3.40. The zero-order chi connectivity index (χ0) is 16.9. The lowest BCUT2D eigenvalue weighted by Crippen LogP contribution is -2.46. The third kappa shape index (κ3) is 3.36. The maximum atomic E-state index is 11.4. The van der Waals surface area contributed by atoms with Crippen molar-refractivity contribution >= 4 is 33.9 Å². The summed E-state index contributed by atoms with van der Waals surface area (Å²) < 4.78 is 0. The van der Waals surface area contributed by atoms with Crippen LogP contribution >= 0.6 is 11.3 Å². The van der Waals surface area contributed by atoms with E-state index >= 15 is 0 Å². The molecule has 1 saturated heterocycles. The van der Waals surface area contributed by atoms with Crippen LogP contribution in [0.25, 0.3) is 6.08 Å². The molecule has 0 N–H and O–H groups in total. The van der Waals surface area contributed by atoms with Gasteiger partial charge in [0.2, 0.25) is 0 Å². The smallest absolute Gasteiger partial charge is 0.293 e. The van der Waals surface area contributed by atoms with Crippen molar-refractivity contribution in [1.82, 2.24) is 4.98 Å². The molecule has 0 radical (unpaired) electrons. The standard InChI is InChI=1S/C16H15N5O2S/c17-5-1-2-13-3-4-14(15(12-13)21(22)23)19-7-9-20(10-8-19)16-18-6-11-24-16/h1-4,6,11-12H,7-10H2/b2-1-. The minimum atomic E-state index is -0.369. The summed E-state index contributed by atoms with van der Waals surface area (Å²) in [6, 6.07) is 6.95. The summed E-state index contributed by atoms with van der Waals surface area (Å²) in [5.74, 6) is 0. The molecule has 7 nitrogen and oxygen atoms in total. The fraction of sp³-hybridized carbons (Fsp3) is 0.250. The Kier molecular flexibility index (Phi) is 4.72. The molecule has 0 aliphatic carbocycles. The Morgan fingerprint density at radius 1 is 1.29 bits per heavy atom. The number of nitriles is 1. The van der Waals surface area contributed by atoms with Gasteiger partial charge in [0.15, 0.2) is 5.13 Å². The van der Waals surface area contributed by atoms with Crippen LogP contribution in [0.5, 0.6) is 0 Å². The number of thiazole rings is 1. The fourth-order valence-electron chi connectivity index (χ4n) is 2.70. The molecule has 8 heteroatoms. The first-order valence-electron chi connectivity index (χ1n) is 7.43. The van der Waals surface area contributed by atoms with Crippen molar-refractivity contribution in [1.29, 1.82) is 5.26 Å². The monoisotopic (exact) mass is 341 g/mol. The second kappa shape index (κ2) is 7.10. The van der Waals surface area contributed by atoms with E-state index in [1.54, 1.807) is 35.7 Å². The molecule has 2 heterocycles. The summed E-state index contributed by atoms with van der Waals surface area (Å²) >= 11 is 1.60. The molecule has 24 heavy (non-hydrogen) atoms. The van der Waals surface area contributed by atoms with E-state index in [-0.39, 0.29) is 10.6 Å². The quantitative estimate of drug-likeness (QED) is 0.483. The number of piperazine rings is 1. The number of nitrogens with zero attached hydrogens (tertiary/aromatic N) is 5. The molecule has 0 amide bonds. The van der Waals surface area contributed by atoms with Crippen LogP contribution in [-0.4, -0.2) is 36.1 Å². The first-order valence-corrected chi connectivity index (χ1v) is 8.31. The highest BCUT2D eigenvalue weighted by molar-refractivity contribution is 7.13. The van der Waals surface area contributed by atoms with Crippen molar-refractivity contribution < 1.29 is 4.92 Å². The number of rotatable bonds is 4. The number of aromatic nitrogens is 1. The molecular weight excluding hydrogens is 326 g/mol. The molecule has 0 saturated carbocycles. The van der Waals surface area contributed by atoms with Gasteiger partial charge >= 0.3 is 0 Å². The van der Waals surface area contributed by atoms with E-state index in [9.17, 15) is 10.1 Å². The normalized spacial score (nSPS) is 14.8. The van der Waals surface area contributed by atoms with E-state index in [0.29, 0.717) is 24.3 Å². The summed E-state index contributed by atoms with van der Waals surface area (Å²) in [6.07, 6.45) is 4.66. The summed E-state index contributed by atoms with van der Waals surface area (Å²) in [7, 11) is 0. The van der Waals surface area contributed by atoms with Gasteiger partial charge in [-0.3, -0.25) is 10.1 Å². The number of anilines is 2. The number of nitro groups is 1. The third-order valence-electron chi connectivity index (χ3n) is 3.86. The highest BCUT2D eigenvalue weighted by Crippen LogP contribution is 2.31. The third-order valence-corrected chi connectivity index (χ3v) is 4.69. The molecule has 2 aromatic rings. The van der Waals surface area contributed by atoms with Gasteiger partial charge in [-0.2, -0.15) is 5.26 Å². The van der Waals surface area contributed by atoms with Gasteiger partial charge in [-0.05, 0) is 17.7 Å². The Labute approximate surface area is 143 Å². The molecule has 1 aromatic carbocycles. The van der Waals surface area contributed by atoms with Crippen molar-refractivity contribution in [2.45, 2.75) is 0 Å². The Morgan fingerprint density at radius 3 is 2.67 bits per heavy atom. The maximum Gasteiger partial charge on any atom is 0.293 e. The Balaban J connectivity index is 1.78. The van der Waals surface area contributed by atoms with Gasteiger partial charge in [-0.1, -0.05) is 6.07 Å². The van der Waals surface area contributed by atoms with Crippen LogP contribution in [0.4, 0.5) is 16.5 Å². The van der Waals surface area contributed by atoms with Crippen molar-refractivity contribution in [3.05, 3.63) is 51.5 Å². The van der Waals surface area contributed by atoms with E-state index in [0.717, 1.165) is 18.2 Å². The molecule has 3 rings (SSSR count). The van der Waals surface area contributed by atoms with Gasteiger partial charge < -0.3 is 9.80 Å². The largest absolute Gasteiger partial charge is 0.362 e. The number of benzene rings is 1. The topological polar surface area (TPSA) is 86.3 Å². The minimum Gasteiger partial charge on any atom is -0.362 e. The Bertz CT molecular complexity index is 789. The molecule has 1 aliphatic heterocycles. The van der Waals surface area contributed by atoms with Crippen LogP contribution in [0, 0.1) is 21.4 Å². The Morgan fingerprint density at radius 2 is 2.04 bits per heavy atom. The number of hydrogen-bond acceptors (Lipinski definition) is 7. The second-order valence-corrected chi connectivity index (χ2v) is 6.13. The van der Waals surface area contributed by atoms with Gasteiger partial charge in [0.25, 0.3) is 5.69 Å². The average molecular weight is 341 g/mol. The summed E-state index contributed by atoms with van der Waals surface area (Å²) in [4.78, 5) is 19.6. The summed E-state index contributed by atoms with van der Waals surface area (Å²) in [5, 5.41) is 22.9. The lowest BCUT2D eigenvalue weighted by molar-refractivity contribution is -0.384.